The second-order valence-electron chi connectivity index (χ2n) is 6.88. The van der Waals surface area contributed by atoms with Gasteiger partial charge >= 0.3 is 0 Å². The Morgan fingerprint density at radius 3 is 2.86 bits per heavy atom. The van der Waals surface area contributed by atoms with Crippen LogP contribution in [0.1, 0.15) is 25.7 Å². The van der Waals surface area contributed by atoms with E-state index in [0.717, 1.165) is 57.9 Å². The maximum atomic E-state index is 12.6. The van der Waals surface area contributed by atoms with Crippen LogP contribution in [0.4, 0.5) is 0 Å². The molecule has 0 spiro atoms. The Morgan fingerprint density at radius 2 is 2.18 bits per heavy atom. The zero-order valence-corrected chi connectivity index (χ0v) is 14.2. The number of thioether (sulfide) groups is 1. The van der Waals surface area contributed by atoms with Gasteiger partial charge in [0, 0.05) is 36.8 Å². The van der Waals surface area contributed by atoms with Crippen molar-refractivity contribution >= 4 is 17.7 Å². The lowest BCUT2D eigenvalue weighted by atomic mass is 9.93. The van der Waals surface area contributed by atoms with E-state index in [0.29, 0.717) is 12.5 Å². The van der Waals surface area contributed by atoms with E-state index in [-0.39, 0.29) is 17.4 Å². The van der Waals surface area contributed by atoms with Gasteiger partial charge in [-0.25, -0.2) is 0 Å². The van der Waals surface area contributed by atoms with Gasteiger partial charge in [-0.15, -0.1) is 0 Å². The van der Waals surface area contributed by atoms with Crippen LogP contribution >= 0.6 is 11.8 Å². The molecule has 1 aliphatic carbocycles. The first kappa shape index (κ1) is 16.6. The van der Waals surface area contributed by atoms with Crippen molar-refractivity contribution in [3.05, 3.63) is 0 Å². The topological polar surface area (TPSA) is 67.6 Å². The van der Waals surface area contributed by atoms with Crippen LogP contribution in [0.2, 0.25) is 0 Å². The highest BCUT2D eigenvalue weighted by Gasteiger charge is 2.41. The molecule has 1 amide bonds. The molecule has 2 aliphatic heterocycles. The largest absolute Gasteiger partial charge is 0.379 e. The molecule has 2 heterocycles. The number of ether oxygens (including phenoxy) is 1. The zero-order chi connectivity index (χ0) is 15.4. The molecule has 0 radical (unpaired) electrons. The van der Waals surface area contributed by atoms with E-state index in [2.05, 4.69) is 10.2 Å². The molecule has 3 N–H and O–H groups in total. The van der Waals surface area contributed by atoms with Gasteiger partial charge in [-0.1, -0.05) is 6.42 Å². The predicted molar refractivity (Wildman–Crippen MR) is 90.0 cm³/mol. The zero-order valence-electron chi connectivity index (χ0n) is 13.4. The van der Waals surface area contributed by atoms with E-state index in [1.165, 1.54) is 12.2 Å². The Labute approximate surface area is 137 Å². The molecule has 3 aliphatic rings. The van der Waals surface area contributed by atoms with E-state index in [1.807, 2.05) is 11.8 Å². The Balaban J connectivity index is 1.58. The monoisotopic (exact) mass is 327 g/mol. The fraction of sp³-hybridized carbons (Fsp3) is 0.938. The van der Waals surface area contributed by atoms with Crippen LogP contribution in [0.5, 0.6) is 0 Å². The minimum absolute atomic E-state index is 0.140. The molecular formula is C16H29N3O2S. The van der Waals surface area contributed by atoms with Crippen LogP contribution in [0, 0.1) is 11.8 Å². The molecule has 0 aromatic heterocycles. The Kier molecular flexibility index (Phi) is 5.65. The minimum Gasteiger partial charge on any atom is -0.379 e. The van der Waals surface area contributed by atoms with Crippen molar-refractivity contribution in [3.63, 3.8) is 0 Å². The molecule has 2 saturated heterocycles. The lowest BCUT2D eigenvalue weighted by molar-refractivity contribution is -0.126. The number of nitrogens with one attached hydrogen (secondary N) is 1. The summed E-state index contributed by atoms with van der Waals surface area (Å²) < 4.78 is 5.49. The van der Waals surface area contributed by atoms with Gasteiger partial charge in [0.05, 0.1) is 13.2 Å². The van der Waals surface area contributed by atoms with E-state index < -0.39 is 0 Å². The molecule has 126 valence electrons. The van der Waals surface area contributed by atoms with Gasteiger partial charge in [0.25, 0.3) is 0 Å². The Bertz CT molecular complexity index is 382. The van der Waals surface area contributed by atoms with Crippen molar-refractivity contribution in [2.75, 3.05) is 50.9 Å². The number of rotatable bonds is 5. The maximum Gasteiger partial charge on any atom is 0.223 e. The summed E-state index contributed by atoms with van der Waals surface area (Å²) in [6.45, 7) is 5.04. The molecule has 6 heteroatoms. The average Bonchev–Trinajstić information content (AvgIpc) is 3.23. The molecule has 1 saturated carbocycles. The number of morpholine rings is 1. The van der Waals surface area contributed by atoms with Gasteiger partial charge in [-0.2, -0.15) is 11.8 Å². The number of nitrogens with zero attached hydrogens (tertiary/aromatic N) is 1. The lowest BCUT2D eigenvalue weighted by Crippen LogP contribution is -2.59. The fourth-order valence-electron chi connectivity index (χ4n) is 4.18. The molecule has 5 nitrogen and oxygen atoms in total. The maximum absolute atomic E-state index is 12.6. The van der Waals surface area contributed by atoms with E-state index in [9.17, 15) is 4.79 Å². The molecule has 3 fully saturated rings. The van der Waals surface area contributed by atoms with Crippen LogP contribution in [0.25, 0.3) is 0 Å². The van der Waals surface area contributed by atoms with Gasteiger partial charge in [-0.05, 0) is 37.5 Å². The first-order valence-electron chi connectivity index (χ1n) is 8.63. The second kappa shape index (κ2) is 7.51. The Hall–Kier alpha value is -0.300. The van der Waals surface area contributed by atoms with Crippen LogP contribution < -0.4 is 11.1 Å². The van der Waals surface area contributed by atoms with Crippen LogP contribution in [0.15, 0.2) is 0 Å². The molecular weight excluding hydrogens is 298 g/mol. The van der Waals surface area contributed by atoms with Gasteiger partial charge in [0.15, 0.2) is 0 Å². The SMILES string of the molecule is NC[C@H]1CCC[C@H]1C(=O)NCC1(N2CCOCC2)CCSC1. The summed E-state index contributed by atoms with van der Waals surface area (Å²) in [4.78, 5) is 15.1. The van der Waals surface area contributed by atoms with Gasteiger partial charge < -0.3 is 15.8 Å². The minimum atomic E-state index is 0.140. The average molecular weight is 327 g/mol. The highest BCUT2D eigenvalue weighted by atomic mass is 32.2. The molecule has 3 rings (SSSR count). The van der Waals surface area contributed by atoms with Crippen molar-refractivity contribution in [1.82, 2.24) is 10.2 Å². The smallest absolute Gasteiger partial charge is 0.223 e. The molecule has 3 atom stereocenters. The number of amides is 1. The first-order chi connectivity index (χ1) is 10.7. The molecule has 22 heavy (non-hydrogen) atoms. The fourth-order valence-corrected chi connectivity index (χ4v) is 5.66. The molecule has 1 unspecified atom stereocenters. The van der Waals surface area contributed by atoms with Crippen molar-refractivity contribution in [2.45, 2.75) is 31.2 Å². The van der Waals surface area contributed by atoms with Gasteiger partial charge in [-0.3, -0.25) is 9.69 Å². The third kappa shape index (κ3) is 3.45. The van der Waals surface area contributed by atoms with Crippen LogP contribution in [-0.4, -0.2) is 67.2 Å². The quantitative estimate of drug-likeness (QED) is 0.777. The molecule has 0 aromatic rings. The summed E-state index contributed by atoms with van der Waals surface area (Å²) in [6, 6.07) is 0. The van der Waals surface area contributed by atoms with Gasteiger partial charge in [0.2, 0.25) is 5.91 Å². The summed E-state index contributed by atoms with van der Waals surface area (Å²) in [5.74, 6) is 3.08. The van der Waals surface area contributed by atoms with E-state index in [1.54, 1.807) is 0 Å². The lowest BCUT2D eigenvalue weighted by Gasteiger charge is -2.43. The van der Waals surface area contributed by atoms with Crippen molar-refractivity contribution < 1.29 is 9.53 Å². The Morgan fingerprint density at radius 1 is 1.36 bits per heavy atom. The van der Waals surface area contributed by atoms with Gasteiger partial charge in [0.1, 0.15) is 0 Å². The highest BCUT2D eigenvalue weighted by molar-refractivity contribution is 7.99. The third-order valence-corrected chi connectivity index (χ3v) is 6.89. The summed E-state index contributed by atoms with van der Waals surface area (Å²) in [6.07, 6.45) is 4.43. The number of carbonyl (C=O) groups excluding carboxylic acids is 1. The highest BCUT2D eigenvalue weighted by Crippen LogP contribution is 2.35. The second-order valence-corrected chi connectivity index (χ2v) is 7.98. The third-order valence-electron chi connectivity index (χ3n) is 5.65. The predicted octanol–water partition coefficient (Wildman–Crippen LogP) is 0.686. The summed E-state index contributed by atoms with van der Waals surface area (Å²) in [5, 5.41) is 3.28. The summed E-state index contributed by atoms with van der Waals surface area (Å²) >= 11 is 2.01. The van der Waals surface area contributed by atoms with Crippen LogP contribution in [0.3, 0.4) is 0 Å². The van der Waals surface area contributed by atoms with E-state index >= 15 is 0 Å². The van der Waals surface area contributed by atoms with Crippen molar-refractivity contribution in [3.8, 4) is 0 Å². The molecule has 0 bridgehead atoms. The summed E-state index contributed by atoms with van der Waals surface area (Å²) in [5.41, 5.74) is 5.96. The standard InChI is InChI=1S/C16H29N3O2S/c17-10-13-2-1-3-14(13)15(20)18-11-16(4-9-22-12-16)19-5-7-21-8-6-19/h13-14H,1-12,17H2,(H,18,20)/t13-,14-,16?/m1/s1. The number of hydrogen-bond acceptors (Lipinski definition) is 5. The van der Waals surface area contributed by atoms with Crippen molar-refractivity contribution in [1.29, 1.82) is 0 Å². The number of hydrogen-bond donors (Lipinski definition) is 2. The molecule has 0 aromatic carbocycles. The van der Waals surface area contributed by atoms with E-state index in [4.69, 9.17) is 10.5 Å². The first-order valence-corrected chi connectivity index (χ1v) is 9.79. The number of carbonyl (C=O) groups is 1. The van der Waals surface area contributed by atoms with Crippen molar-refractivity contribution in [2.24, 2.45) is 17.6 Å². The normalized spacial score (nSPS) is 36.6. The summed E-state index contributed by atoms with van der Waals surface area (Å²) in [7, 11) is 0. The number of nitrogens with two attached hydrogens (primary N) is 1. The van der Waals surface area contributed by atoms with Crippen LogP contribution in [-0.2, 0) is 9.53 Å².